The van der Waals surface area contributed by atoms with Gasteiger partial charge in [-0.15, -0.1) is 0 Å². The van der Waals surface area contributed by atoms with Gasteiger partial charge in [-0.2, -0.15) is 0 Å². The van der Waals surface area contributed by atoms with Crippen LogP contribution in [-0.4, -0.2) is 30.7 Å². The fraction of sp³-hybridized carbons (Fsp3) is 0.714. The average Bonchev–Trinajstić information content (AvgIpc) is 2.84. The number of halogens is 1. The second-order valence-corrected chi connectivity index (χ2v) is 10.4. The molecule has 0 radical (unpaired) electrons. The Morgan fingerprint density at radius 3 is 1.89 bits per heavy atom. The molecule has 0 saturated carbocycles. The number of carbonyl (C=O) groups is 2. The van der Waals surface area contributed by atoms with Gasteiger partial charge in [-0.25, -0.2) is 0 Å². The molecule has 0 aliphatic rings. The van der Waals surface area contributed by atoms with Gasteiger partial charge in [0, 0.05) is 16.5 Å². The molecular weight excluding hydrogens is 557 g/mol. The minimum absolute atomic E-state index is 0.0553. The Hall–Kier alpha value is -1.51. The number of phenolic OH excluding ortho intramolecular Hbond substituents is 1. The predicted molar refractivity (Wildman–Crippen MR) is 150 cm³/mol. The van der Waals surface area contributed by atoms with Crippen molar-refractivity contribution >= 4 is 34.5 Å². The zero-order valence-corrected chi connectivity index (χ0v) is 24.0. The molecule has 200 valence electrons. The number of hydrogen-bond acceptors (Lipinski definition) is 5. The summed E-state index contributed by atoms with van der Waals surface area (Å²) in [5.41, 5.74) is 0.817. The number of benzene rings is 1. The molecule has 0 unspecified atom stereocenters. The third-order valence-electron chi connectivity index (χ3n) is 6.17. The second-order valence-electron chi connectivity index (χ2n) is 9.25. The normalized spacial score (nSPS) is 10.8. The van der Waals surface area contributed by atoms with Gasteiger partial charge in [-0.1, -0.05) is 96.8 Å². The molecule has 0 atom stereocenters. The summed E-state index contributed by atoms with van der Waals surface area (Å²) in [6.45, 7) is 2.26. The van der Waals surface area contributed by atoms with Crippen molar-refractivity contribution in [3.63, 3.8) is 0 Å². The number of amides is 1. The standard InChI is InChI=1S/C28H46INO5/c1-3-4-5-6-7-8-9-10-11-12-13-14-15-16-17-18-28(33)35-22-27(32)30-21-23-19-26(34-2)25(31)20-24(23)29/h19-20,31H,3-18,21-22H2,1-2H3,(H,30,32). The van der Waals surface area contributed by atoms with E-state index in [1.807, 2.05) is 0 Å². The Kier molecular flexibility index (Phi) is 18.6. The van der Waals surface area contributed by atoms with E-state index < -0.39 is 0 Å². The molecule has 0 aliphatic carbocycles. The number of nitrogens with one attached hydrogen (secondary N) is 1. The minimum atomic E-state index is -0.349. The molecule has 0 spiro atoms. The molecule has 0 aliphatic heterocycles. The predicted octanol–water partition coefficient (Wildman–Crippen LogP) is 7.43. The lowest BCUT2D eigenvalue weighted by molar-refractivity contribution is -0.148. The van der Waals surface area contributed by atoms with Crippen LogP contribution < -0.4 is 10.1 Å². The maximum absolute atomic E-state index is 12.0. The summed E-state index contributed by atoms with van der Waals surface area (Å²) < 4.78 is 11.0. The van der Waals surface area contributed by atoms with Crippen molar-refractivity contribution in [3.05, 3.63) is 21.3 Å². The number of aromatic hydroxyl groups is 1. The molecule has 1 amide bonds. The van der Waals surface area contributed by atoms with Crippen molar-refractivity contribution in [1.29, 1.82) is 0 Å². The zero-order chi connectivity index (χ0) is 25.7. The number of unbranched alkanes of at least 4 members (excludes halogenated alkanes) is 14. The lowest BCUT2D eigenvalue weighted by Gasteiger charge is -2.11. The van der Waals surface area contributed by atoms with Gasteiger partial charge in [0.2, 0.25) is 0 Å². The topological polar surface area (TPSA) is 84.9 Å². The van der Waals surface area contributed by atoms with Gasteiger partial charge in [0.15, 0.2) is 18.1 Å². The van der Waals surface area contributed by atoms with E-state index in [2.05, 4.69) is 34.8 Å². The highest BCUT2D eigenvalue weighted by Gasteiger charge is 2.11. The van der Waals surface area contributed by atoms with Crippen LogP contribution in [0.15, 0.2) is 12.1 Å². The molecule has 6 nitrogen and oxygen atoms in total. The first-order chi connectivity index (χ1) is 17.0. The van der Waals surface area contributed by atoms with Crippen molar-refractivity contribution in [2.24, 2.45) is 0 Å². The van der Waals surface area contributed by atoms with Gasteiger partial charge in [-0.3, -0.25) is 9.59 Å². The Labute approximate surface area is 226 Å². The third kappa shape index (κ3) is 16.0. The summed E-state index contributed by atoms with van der Waals surface area (Å²) in [5, 5.41) is 12.5. The minimum Gasteiger partial charge on any atom is -0.504 e. The van der Waals surface area contributed by atoms with Crippen LogP contribution in [0.25, 0.3) is 0 Å². The largest absolute Gasteiger partial charge is 0.504 e. The van der Waals surface area contributed by atoms with Crippen LogP contribution in [0.1, 0.15) is 115 Å². The van der Waals surface area contributed by atoms with Crippen molar-refractivity contribution in [2.75, 3.05) is 13.7 Å². The number of phenols is 1. The fourth-order valence-corrected chi connectivity index (χ4v) is 4.63. The maximum Gasteiger partial charge on any atom is 0.306 e. The highest BCUT2D eigenvalue weighted by molar-refractivity contribution is 14.1. The number of rotatable bonds is 21. The first kappa shape index (κ1) is 31.5. The first-order valence-corrected chi connectivity index (χ1v) is 14.5. The molecule has 0 aromatic heterocycles. The summed E-state index contributed by atoms with van der Waals surface area (Å²) in [4.78, 5) is 23.9. The summed E-state index contributed by atoms with van der Waals surface area (Å²) in [6.07, 6.45) is 19.6. The van der Waals surface area contributed by atoms with E-state index in [0.717, 1.165) is 28.4 Å². The SMILES string of the molecule is CCCCCCCCCCCCCCCCCC(=O)OCC(=O)NCc1cc(OC)c(O)cc1I. The van der Waals surface area contributed by atoms with E-state index in [-0.39, 0.29) is 30.8 Å². The van der Waals surface area contributed by atoms with Gasteiger partial charge >= 0.3 is 5.97 Å². The number of esters is 1. The highest BCUT2D eigenvalue weighted by atomic mass is 127. The van der Waals surface area contributed by atoms with Crippen molar-refractivity contribution in [2.45, 2.75) is 116 Å². The number of methoxy groups -OCH3 is 1. The first-order valence-electron chi connectivity index (χ1n) is 13.5. The second kappa shape index (κ2) is 20.7. The fourth-order valence-electron chi connectivity index (χ4n) is 3.99. The van der Waals surface area contributed by atoms with Crippen molar-refractivity contribution in [3.8, 4) is 11.5 Å². The van der Waals surface area contributed by atoms with Gasteiger partial charge in [-0.05, 0) is 46.7 Å². The molecule has 35 heavy (non-hydrogen) atoms. The molecule has 1 aromatic carbocycles. The van der Waals surface area contributed by atoms with Crippen LogP contribution in [0, 0.1) is 3.57 Å². The molecule has 0 heterocycles. The van der Waals surface area contributed by atoms with Crippen LogP contribution in [0.3, 0.4) is 0 Å². The summed E-state index contributed by atoms with van der Waals surface area (Å²) in [7, 11) is 1.47. The number of hydrogen-bond donors (Lipinski definition) is 2. The Bertz CT molecular complexity index is 726. The van der Waals surface area contributed by atoms with Gasteiger partial charge in [0.05, 0.1) is 7.11 Å². The Balaban J connectivity index is 1.96. The Morgan fingerprint density at radius 2 is 1.37 bits per heavy atom. The molecule has 1 aromatic rings. The molecule has 7 heteroatoms. The van der Waals surface area contributed by atoms with Crippen LogP contribution in [0.4, 0.5) is 0 Å². The monoisotopic (exact) mass is 603 g/mol. The van der Waals surface area contributed by atoms with E-state index in [9.17, 15) is 14.7 Å². The van der Waals surface area contributed by atoms with Crippen molar-refractivity contribution < 1.29 is 24.2 Å². The van der Waals surface area contributed by atoms with Gasteiger partial charge in [0.1, 0.15) is 0 Å². The van der Waals surface area contributed by atoms with Crippen LogP contribution >= 0.6 is 22.6 Å². The summed E-state index contributed by atoms with van der Waals surface area (Å²) >= 11 is 2.09. The van der Waals surface area contributed by atoms with E-state index >= 15 is 0 Å². The summed E-state index contributed by atoms with van der Waals surface area (Å²) in [5.74, 6) is -0.266. The molecule has 0 fully saturated rings. The molecule has 2 N–H and O–H groups in total. The van der Waals surface area contributed by atoms with E-state index in [1.165, 1.54) is 84.2 Å². The molecular formula is C28H46INO5. The van der Waals surface area contributed by atoms with E-state index in [4.69, 9.17) is 9.47 Å². The van der Waals surface area contributed by atoms with E-state index in [1.54, 1.807) is 12.1 Å². The highest BCUT2D eigenvalue weighted by Crippen LogP contribution is 2.30. The molecule has 0 bridgehead atoms. The van der Waals surface area contributed by atoms with E-state index in [0.29, 0.717) is 12.2 Å². The van der Waals surface area contributed by atoms with Crippen LogP contribution in [0.2, 0.25) is 0 Å². The van der Waals surface area contributed by atoms with Crippen LogP contribution in [0.5, 0.6) is 11.5 Å². The quantitative estimate of drug-likeness (QED) is 0.0868. The summed E-state index contributed by atoms with van der Waals surface area (Å²) in [6, 6.07) is 3.26. The van der Waals surface area contributed by atoms with Gasteiger partial charge < -0.3 is 19.9 Å². The lowest BCUT2D eigenvalue weighted by Crippen LogP contribution is -2.28. The molecule has 1 rings (SSSR count). The third-order valence-corrected chi connectivity index (χ3v) is 7.18. The molecule has 0 saturated heterocycles. The number of ether oxygens (including phenoxy) is 2. The Morgan fingerprint density at radius 1 is 0.857 bits per heavy atom. The average molecular weight is 604 g/mol. The smallest absolute Gasteiger partial charge is 0.306 e. The lowest BCUT2D eigenvalue weighted by atomic mass is 10.0. The maximum atomic E-state index is 12.0. The van der Waals surface area contributed by atoms with Crippen LogP contribution in [-0.2, 0) is 20.9 Å². The number of carbonyl (C=O) groups excluding carboxylic acids is 2. The van der Waals surface area contributed by atoms with Crippen molar-refractivity contribution in [1.82, 2.24) is 5.32 Å². The van der Waals surface area contributed by atoms with Gasteiger partial charge in [0.25, 0.3) is 5.91 Å². The zero-order valence-electron chi connectivity index (χ0n) is 21.8.